The molecule has 0 unspecified atom stereocenters. The Bertz CT molecular complexity index is 450. The second-order valence-corrected chi connectivity index (χ2v) is 21.9. The Morgan fingerprint density at radius 2 is 1.68 bits per heavy atom. The number of aliphatic hydroxyl groups excluding tert-OH is 2. The first-order valence-electron chi connectivity index (χ1n) is 8.39. The molecule has 0 radical (unpaired) electrons. The van der Waals surface area contributed by atoms with E-state index in [1.165, 1.54) is 0 Å². The molecule has 0 aliphatic heterocycles. The molecule has 0 saturated carbocycles. The number of benzene rings is 1. The minimum atomic E-state index is -2.41. The monoisotopic (exact) mass is 412 g/mol. The van der Waals surface area contributed by atoms with Crippen LogP contribution in [-0.4, -0.2) is 34.7 Å². The zero-order valence-corrected chi connectivity index (χ0v) is 17.4. The first-order chi connectivity index (χ1) is 10.3. The van der Waals surface area contributed by atoms with E-state index in [9.17, 15) is 10.2 Å². The van der Waals surface area contributed by atoms with Gasteiger partial charge in [0.2, 0.25) is 0 Å². The summed E-state index contributed by atoms with van der Waals surface area (Å²) in [5, 5.41) is 21.6. The van der Waals surface area contributed by atoms with Gasteiger partial charge in [-0.2, -0.15) is 0 Å². The van der Waals surface area contributed by atoms with Crippen LogP contribution in [0.4, 0.5) is 0 Å². The van der Waals surface area contributed by atoms with Crippen LogP contribution in [0, 0.1) is 5.92 Å². The summed E-state index contributed by atoms with van der Waals surface area (Å²) in [5.74, 6) is -0.241. The molecule has 0 fully saturated rings. The Morgan fingerprint density at radius 1 is 1.09 bits per heavy atom. The molecule has 22 heavy (non-hydrogen) atoms. The van der Waals surface area contributed by atoms with Gasteiger partial charge in [-0.1, -0.05) is 0 Å². The van der Waals surface area contributed by atoms with E-state index in [1.807, 2.05) is 30.3 Å². The number of unbranched alkanes of at least 4 members (excludes halogenated alkanes) is 2. The molecule has 0 aliphatic carbocycles. The van der Waals surface area contributed by atoms with Gasteiger partial charge in [-0.15, -0.1) is 0 Å². The SMILES string of the molecule is C=[C]([C@@H]([C@@H](O)CCCCC)[C@@H](O)c1ccccc1)[Sn]([CH3])([CH3])[CH3]. The van der Waals surface area contributed by atoms with Crippen LogP contribution in [0.1, 0.15) is 44.3 Å². The zero-order valence-electron chi connectivity index (χ0n) is 14.5. The van der Waals surface area contributed by atoms with E-state index in [-0.39, 0.29) is 5.92 Å². The quantitative estimate of drug-likeness (QED) is 0.457. The fourth-order valence-corrected chi connectivity index (χ4v) is 6.63. The average molecular weight is 411 g/mol. The summed E-state index contributed by atoms with van der Waals surface area (Å²) in [4.78, 5) is 6.88. The number of hydrogen-bond donors (Lipinski definition) is 2. The van der Waals surface area contributed by atoms with Gasteiger partial charge in [-0.25, -0.2) is 0 Å². The van der Waals surface area contributed by atoms with E-state index < -0.39 is 30.6 Å². The van der Waals surface area contributed by atoms with Crippen molar-refractivity contribution in [3.63, 3.8) is 0 Å². The molecule has 0 aliphatic rings. The van der Waals surface area contributed by atoms with Crippen molar-refractivity contribution < 1.29 is 10.2 Å². The van der Waals surface area contributed by atoms with E-state index in [0.29, 0.717) is 0 Å². The molecule has 3 atom stereocenters. The first-order valence-corrected chi connectivity index (χ1v) is 18.4. The molecule has 1 aromatic carbocycles. The minimum absolute atomic E-state index is 0.241. The van der Waals surface area contributed by atoms with E-state index >= 15 is 0 Å². The van der Waals surface area contributed by atoms with Crippen molar-refractivity contribution >= 4 is 18.4 Å². The zero-order chi connectivity index (χ0) is 16.8. The van der Waals surface area contributed by atoms with Gasteiger partial charge in [0.05, 0.1) is 0 Å². The second-order valence-electron chi connectivity index (χ2n) is 7.22. The summed E-state index contributed by atoms with van der Waals surface area (Å²) in [6, 6.07) is 9.68. The molecule has 0 bridgehead atoms. The molecule has 0 aromatic heterocycles. The summed E-state index contributed by atoms with van der Waals surface area (Å²) in [7, 11) is 0. The van der Waals surface area contributed by atoms with E-state index in [2.05, 4.69) is 28.3 Å². The molecule has 0 saturated heterocycles. The van der Waals surface area contributed by atoms with Crippen LogP contribution >= 0.6 is 0 Å². The van der Waals surface area contributed by atoms with Crippen LogP contribution in [0.3, 0.4) is 0 Å². The van der Waals surface area contributed by atoms with Crippen LogP contribution in [0.2, 0.25) is 14.8 Å². The predicted octanol–water partition coefficient (Wildman–Crippen LogP) is 4.71. The molecule has 2 N–H and O–H groups in total. The Balaban J connectivity index is 2.98. The van der Waals surface area contributed by atoms with Gasteiger partial charge in [-0.3, -0.25) is 0 Å². The summed E-state index contributed by atoms with van der Waals surface area (Å²) in [6.07, 6.45) is 2.83. The van der Waals surface area contributed by atoms with E-state index in [0.717, 1.165) is 34.8 Å². The molecule has 0 amide bonds. The van der Waals surface area contributed by atoms with Gasteiger partial charge in [0.1, 0.15) is 0 Å². The molecular formula is C19H32O2Sn. The van der Waals surface area contributed by atoms with Gasteiger partial charge in [0, 0.05) is 0 Å². The van der Waals surface area contributed by atoms with Gasteiger partial charge in [0.15, 0.2) is 0 Å². The average Bonchev–Trinajstić information content (AvgIpc) is 2.47. The van der Waals surface area contributed by atoms with Crippen LogP contribution in [0.25, 0.3) is 0 Å². The second kappa shape index (κ2) is 9.09. The third-order valence-electron chi connectivity index (χ3n) is 4.36. The number of aliphatic hydroxyl groups is 2. The maximum absolute atomic E-state index is 10.9. The van der Waals surface area contributed by atoms with Crippen LogP contribution in [0.15, 0.2) is 40.5 Å². The summed E-state index contributed by atoms with van der Waals surface area (Å²) in [6.45, 7) is 6.46. The Hall–Kier alpha value is -0.321. The summed E-state index contributed by atoms with van der Waals surface area (Å²) < 4.78 is 1.12. The normalized spacial score (nSPS) is 16.1. The Kier molecular flexibility index (Phi) is 8.15. The molecule has 0 heterocycles. The third kappa shape index (κ3) is 5.71. The molecule has 1 aromatic rings. The fourth-order valence-electron chi connectivity index (χ4n) is 2.77. The molecule has 3 heteroatoms. The summed E-state index contributed by atoms with van der Waals surface area (Å²) >= 11 is -2.41. The first kappa shape index (κ1) is 19.7. The van der Waals surface area contributed by atoms with Crippen molar-refractivity contribution in [2.45, 2.75) is 59.6 Å². The van der Waals surface area contributed by atoms with Crippen LogP contribution < -0.4 is 0 Å². The third-order valence-corrected chi connectivity index (χ3v) is 10.8. The van der Waals surface area contributed by atoms with Crippen LogP contribution in [0.5, 0.6) is 0 Å². The van der Waals surface area contributed by atoms with Gasteiger partial charge >= 0.3 is 140 Å². The molecule has 124 valence electrons. The predicted molar refractivity (Wildman–Crippen MR) is 97.5 cm³/mol. The van der Waals surface area contributed by atoms with Gasteiger partial charge < -0.3 is 0 Å². The number of hydrogen-bond acceptors (Lipinski definition) is 2. The maximum atomic E-state index is 10.9. The van der Waals surface area contributed by atoms with Crippen molar-refractivity contribution in [1.29, 1.82) is 0 Å². The van der Waals surface area contributed by atoms with Crippen molar-refractivity contribution in [2.75, 3.05) is 0 Å². The van der Waals surface area contributed by atoms with Gasteiger partial charge in [-0.05, 0) is 0 Å². The van der Waals surface area contributed by atoms with Crippen molar-refractivity contribution in [2.24, 2.45) is 5.92 Å². The molecule has 1 rings (SSSR count). The standard InChI is InChI=1S/C16H23O2.3CH3.Sn/c1-3-5-7-12-15(17)14(4-2)16(18)13-10-8-6-9-11-13;;;;/h6,8-11,14-18H,2-3,5,7,12H2,1H3;3*1H3;/t14-,15-,16-;;;;/m0..../s1. The fraction of sp³-hybridized carbons (Fsp3) is 0.579. The van der Waals surface area contributed by atoms with E-state index in [4.69, 9.17) is 0 Å². The van der Waals surface area contributed by atoms with Crippen LogP contribution in [-0.2, 0) is 0 Å². The van der Waals surface area contributed by atoms with Crippen molar-refractivity contribution in [3.8, 4) is 0 Å². The Labute approximate surface area is 140 Å². The number of rotatable bonds is 9. The van der Waals surface area contributed by atoms with Crippen molar-refractivity contribution in [3.05, 3.63) is 46.1 Å². The van der Waals surface area contributed by atoms with Crippen molar-refractivity contribution in [1.82, 2.24) is 0 Å². The molecule has 0 spiro atoms. The molecular weight excluding hydrogens is 379 g/mol. The summed E-state index contributed by atoms with van der Waals surface area (Å²) in [5.41, 5.74) is 0.874. The van der Waals surface area contributed by atoms with Gasteiger partial charge in [0.25, 0.3) is 0 Å². The molecule has 2 nitrogen and oxygen atoms in total. The topological polar surface area (TPSA) is 40.5 Å². The van der Waals surface area contributed by atoms with E-state index in [1.54, 1.807) is 0 Å². The Morgan fingerprint density at radius 3 is 2.18 bits per heavy atom.